The van der Waals surface area contributed by atoms with Gasteiger partial charge >= 0.3 is 11.9 Å². The van der Waals surface area contributed by atoms with E-state index in [0.29, 0.717) is 32.1 Å². The van der Waals surface area contributed by atoms with Crippen molar-refractivity contribution in [3.63, 3.8) is 0 Å². The number of ether oxygens (including phenoxy) is 4. The topological polar surface area (TPSA) is 189 Å². The number of esters is 2. The third kappa shape index (κ3) is 6.95. The molecule has 4 fully saturated rings. The molecule has 5 aliphatic rings. The normalized spacial score (nSPS) is 44.0. The lowest BCUT2D eigenvalue weighted by Crippen LogP contribution is -2.63. The molecule has 0 unspecified atom stereocenters. The number of hydrogen-bond acceptors (Lipinski definition) is 12. The summed E-state index contributed by atoms with van der Waals surface area (Å²) >= 11 is 0. The highest BCUT2D eigenvalue weighted by atomic mass is 16.7. The molecular formula is C40H62O12. The maximum absolute atomic E-state index is 13.9. The Bertz CT molecular complexity index is 1420. The SMILES string of the molecule is CC(=O)OC[C@@H](C[C@@H](O)C=C(C)C)[C@H]1CC[C@]2(C)C3=CC[C@@H]4[C@](C)(CCC(=O)[C@]4(C)CO[C@@H]4O[C@H](CO)[C@@H](O)[C@H](O)[C@H]4O)[C@H]3C[C@@H](OC(C)=O)[C@@]12C. The van der Waals surface area contributed by atoms with Crippen molar-refractivity contribution < 1.29 is 58.9 Å². The Kier molecular flexibility index (Phi) is 11.9. The number of hydrogen-bond donors (Lipinski definition) is 5. The number of carbonyl (C=O) groups excluding carboxylic acids is 3. The molecule has 0 amide bonds. The maximum atomic E-state index is 13.9. The van der Waals surface area contributed by atoms with Crippen molar-refractivity contribution in [2.24, 2.45) is 45.3 Å². The minimum absolute atomic E-state index is 0.0182. The van der Waals surface area contributed by atoms with Crippen molar-refractivity contribution in [1.29, 1.82) is 0 Å². The van der Waals surface area contributed by atoms with Crippen LogP contribution in [0.25, 0.3) is 0 Å². The van der Waals surface area contributed by atoms with Crippen LogP contribution in [0.15, 0.2) is 23.3 Å². The molecule has 0 aromatic heterocycles. The van der Waals surface area contributed by atoms with Crippen LogP contribution in [0, 0.1) is 45.3 Å². The van der Waals surface area contributed by atoms with Gasteiger partial charge in [-0.25, -0.2) is 0 Å². The van der Waals surface area contributed by atoms with Gasteiger partial charge in [0, 0.05) is 25.7 Å². The smallest absolute Gasteiger partial charge is 0.302 e. The van der Waals surface area contributed by atoms with Crippen molar-refractivity contribution in [2.45, 2.75) is 143 Å². The molecule has 5 rings (SSSR count). The van der Waals surface area contributed by atoms with E-state index < -0.39 is 65.8 Å². The van der Waals surface area contributed by atoms with Crippen molar-refractivity contribution in [3.05, 3.63) is 23.3 Å². The molecule has 3 saturated carbocycles. The Hall–Kier alpha value is -2.19. The minimum Gasteiger partial charge on any atom is -0.466 e. The minimum atomic E-state index is -1.59. The second kappa shape index (κ2) is 15.2. The number of fused-ring (bicyclic) bond motifs is 5. The fourth-order valence-corrected chi connectivity index (χ4v) is 11.5. The van der Waals surface area contributed by atoms with Gasteiger partial charge in [-0.3, -0.25) is 14.4 Å². The van der Waals surface area contributed by atoms with Crippen LogP contribution in [0.2, 0.25) is 0 Å². The van der Waals surface area contributed by atoms with E-state index in [4.69, 9.17) is 18.9 Å². The number of allylic oxidation sites excluding steroid dienone is 3. The molecule has 5 N–H and O–H groups in total. The fraction of sp³-hybridized carbons (Fsp3) is 0.825. The lowest BCUT2D eigenvalue weighted by Gasteiger charge is -2.65. The average Bonchev–Trinajstić information content (AvgIpc) is 3.35. The number of aliphatic hydroxyl groups excluding tert-OH is 5. The van der Waals surface area contributed by atoms with Crippen LogP contribution in [-0.4, -0.2) is 106 Å². The first kappa shape index (κ1) is 41.0. The Morgan fingerprint density at radius 2 is 1.71 bits per heavy atom. The second-order valence-corrected chi connectivity index (χ2v) is 17.6. The van der Waals surface area contributed by atoms with Crippen molar-refractivity contribution in [3.8, 4) is 0 Å². The monoisotopic (exact) mass is 734 g/mol. The molecule has 0 radical (unpaired) electrons. The highest BCUT2D eigenvalue weighted by Crippen LogP contribution is 2.73. The average molecular weight is 735 g/mol. The van der Waals surface area contributed by atoms with Crippen molar-refractivity contribution >= 4 is 17.7 Å². The van der Waals surface area contributed by atoms with E-state index in [-0.39, 0.29) is 60.0 Å². The molecule has 0 spiro atoms. The van der Waals surface area contributed by atoms with Gasteiger partial charge in [-0.05, 0) is 86.9 Å². The van der Waals surface area contributed by atoms with Crippen LogP contribution in [0.5, 0.6) is 0 Å². The van der Waals surface area contributed by atoms with Crippen LogP contribution >= 0.6 is 0 Å². The highest BCUT2D eigenvalue weighted by Gasteiger charge is 2.70. The third-order valence-electron chi connectivity index (χ3n) is 14.4. The fourth-order valence-electron chi connectivity index (χ4n) is 11.5. The summed E-state index contributed by atoms with van der Waals surface area (Å²) in [4.78, 5) is 38.8. The Labute approximate surface area is 307 Å². The Morgan fingerprint density at radius 3 is 2.33 bits per heavy atom. The predicted octanol–water partition coefficient (Wildman–Crippen LogP) is 3.40. The van der Waals surface area contributed by atoms with E-state index >= 15 is 0 Å². The highest BCUT2D eigenvalue weighted by molar-refractivity contribution is 5.86. The van der Waals surface area contributed by atoms with Gasteiger partial charge in [0.15, 0.2) is 6.29 Å². The molecule has 294 valence electrons. The standard InChI is InChI=1S/C40H62O12/c1-21(2)15-25(44)16-24(19-49-22(3)42)26-11-14-39(7)27-9-10-30-37(5,28(27)17-32(40(26,39)8)51-23(4)43)13-12-31(45)38(30,6)20-50-36-35(48)34(47)33(46)29(18-41)52-36/h9,15,24-26,28-30,32-36,41,44,46-48H,10-14,16-20H2,1-8H3/t24-,25+,26-,28+,29-,30-,32-,33-,34+,35-,36-,37-,38-,39-,40-/m1/s1. The lowest BCUT2D eigenvalue weighted by atomic mass is 9.40. The van der Waals surface area contributed by atoms with E-state index in [1.165, 1.54) is 19.4 Å². The predicted molar refractivity (Wildman–Crippen MR) is 189 cm³/mol. The first-order valence-electron chi connectivity index (χ1n) is 19.0. The van der Waals surface area contributed by atoms with Crippen LogP contribution in [0.3, 0.4) is 0 Å². The Balaban J connectivity index is 1.50. The molecule has 1 heterocycles. The number of ketones is 1. The van der Waals surface area contributed by atoms with E-state index in [1.54, 1.807) is 0 Å². The number of aliphatic hydroxyl groups is 5. The second-order valence-electron chi connectivity index (χ2n) is 17.6. The third-order valence-corrected chi connectivity index (χ3v) is 14.4. The summed E-state index contributed by atoms with van der Waals surface area (Å²) < 4.78 is 23.6. The summed E-state index contributed by atoms with van der Waals surface area (Å²) in [6.07, 6.45) is -0.113. The van der Waals surface area contributed by atoms with Crippen LogP contribution in [0.1, 0.15) is 100 Å². The molecule has 1 aliphatic heterocycles. The van der Waals surface area contributed by atoms with Gasteiger partial charge in [0.2, 0.25) is 0 Å². The quantitative estimate of drug-likeness (QED) is 0.154. The summed E-state index contributed by atoms with van der Waals surface area (Å²) in [5.74, 6) is -1.12. The molecule has 12 nitrogen and oxygen atoms in total. The lowest BCUT2D eigenvalue weighted by molar-refractivity contribution is -0.307. The van der Waals surface area contributed by atoms with Gasteiger partial charge in [0.05, 0.1) is 31.3 Å². The zero-order valence-electron chi connectivity index (χ0n) is 32.2. The van der Waals surface area contributed by atoms with E-state index in [1.807, 2.05) is 26.8 Å². The molecule has 0 bridgehead atoms. The first-order chi connectivity index (χ1) is 24.2. The zero-order chi connectivity index (χ0) is 38.6. The summed E-state index contributed by atoms with van der Waals surface area (Å²) in [5.41, 5.74) is -0.00707. The molecule has 52 heavy (non-hydrogen) atoms. The molecule has 1 saturated heterocycles. The first-order valence-corrected chi connectivity index (χ1v) is 19.0. The molecule has 4 aliphatic carbocycles. The van der Waals surface area contributed by atoms with Gasteiger partial charge in [-0.15, -0.1) is 0 Å². The summed E-state index contributed by atoms with van der Waals surface area (Å²) in [6.45, 7) is 14.8. The number of Topliss-reactive ketones (excluding diaryl/α,β-unsaturated/α-hetero) is 1. The number of carbonyl (C=O) groups is 3. The van der Waals surface area contributed by atoms with Crippen LogP contribution in [-0.2, 0) is 33.3 Å². The van der Waals surface area contributed by atoms with Gasteiger partial charge in [0.25, 0.3) is 0 Å². The largest absolute Gasteiger partial charge is 0.466 e. The molecule has 0 aromatic rings. The number of rotatable bonds is 11. The molecule has 0 aromatic carbocycles. The Morgan fingerprint density at radius 1 is 1.02 bits per heavy atom. The maximum Gasteiger partial charge on any atom is 0.302 e. The van der Waals surface area contributed by atoms with Gasteiger partial charge in [0.1, 0.15) is 36.3 Å². The summed E-state index contributed by atoms with van der Waals surface area (Å²) in [6, 6.07) is 0. The molecular weight excluding hydrogens is 672 g/mol. The van der Waals surface area contributed by atoms with E-state index in [0.717, 1.165) is 18.4 Å². The van der Waals surface area contributed by atoms with Gasteiger partial charge in [-0.2, -0.15) is 0 Å². The van der Waals surface area contributed by atoms with Crippen molar-refractivity contribution in [1.82, 2.24) is 0 Å². The molecule has 12 heteroatoms. The zero-order valence-corrected chi connectivity index (χ0v) is 32.2. The van der Waals surface area contributed by atoms with Gasteiger partial charge < -0.3 is 44.5 Å². The van der Waals surface area contributed by atoms with Crippen LogP contribution < -0.4 is 0 Å². The summed E-state index contributed by atoms with van der Waals surface area (Å²) in [7, 11) is 0. The van der Waals surface area contributed by atoms with E-state index in [9.17, 15) is 39.9 Å². The summed E-state index contributed by atoms with van der Waals surface area (Å²) in [5, 5.41) is 52.0. The molecule has 15 atom stereocenters. The van der Waals surface area contributed by atoms with Crippen LogP contribution in [0.4, 0.5) is 0 Å². The van der Waals surface area contributed by atoms with E-state index in [2.05, 4.69) is 26.8 Å². The van der Waals surface area contributed by atoms with Gasteiger partial charge in [-0.1, -0.05) is 51.0 Å². The van der Waals surface area contributed by atoms with Crippen molar-refractivity contribution in [2.75, 3.05) is 19.8 Å².